The Hall–Kier alpha value is -0.810. The SMILES string of the molecule is CN(C)C(=O)CC(=O)N1CCCNCC1.Cl. The van der Waals surface area contributed by atoms with E-state index < -0.39 is 0 Å². The van der Waals surface area contributed by atoms with Gasteiger partial charge in [0.25, 0.3) is 0 Å². The van der Waals surface area contributed by atoms with E-state index in [1.54, 1.807) is 19.0 Å². The van der Waals surface area contributed by atoms with E-state index in [4.69, 9.17) is 0 Å². The molecule has 1 N–H and O–H groups in total. The molecule has 0 spiro atoms. The van der Waals surface area contributed by atoms with Crippen molar-refractivity contribution in [2.24, 2.45) is 0 Å². The summed E-state index contributed by atoms with van der Waals surface area (Å²) < 4.78 is 0. The van der Waals surface area contributed by atoms with Crippen molar-refractivity contribution in [1.29, 1.82) is 0 Å². The Morgan fingerprint density at radius 3 is 2.56 bits per heavy atom. The van der Waals surface area contributed by atoms with Crippen molar-refractivity contribution >= 4 is 24.2 Å². The van der Waals surface area contributed by atoms with Crippen LogP contribution < -0.4 is 5.32 Å². The predicted octanol–water partition coefficient (Wildman–Crippen LogP) is -0.292. The highest BCUT2D eigenvalue weighted by Gasteiger charge is 2.18. The van der Waals surface area contributed by atoms with Crippen LogP contribution >= 0.6 is 12.4 Å². The van der Waals surface area contributed by atoms with Gasteiger partial charge < -0.3 is 15.1 Å². The maximum atomic E-state index is 11.7. The lowest BCUT2D eigenvalue weighted by Gasteiger charge is -2.20. The van der Waals surface area contributed by atoms with Crippen molar-refractivity contribution in [1.82, 2.24) is 15.1 Å². The van der Waals surface area contributed by atoms with Crippen molar-refractivity contribution < 1.29 is 9.59 Å². The van der Waals surface area contributed by atoms with Gasteiger partial charge in [0.15, 0.2) is 0 Å². The Labute approximate surface area is 103 Å². The van der Waals surface area contributed by atoms with E-state index in [1.165, 1.54) is 4.90 Å². The zero-order chi connectivity index (χ0) is 11.3. The summed E-state index contributed by atoms with van der Waals surface area (Å²) in [5, 5.41) is 3.22. The van der Waals surface area contributed by atoms with Crippen molar-refractivity contribution in [3.05, 3.63) is 0 Å². The lowest BCUT2D eigenvalue weighted by Crippen LogP contribution is -2.37. The maximum absolute atomic E-state index is 11.7. The molecule has 16 heavy (non-hydrogen) atoms. The molecular weight excluding hydrogens is 230 g/mol. The highest BCUT2D eigenvalue weighted by Crippen LogP contribution is 2.00. The van der Waals surface area contributed by atoms with Crippen LogP contribution in [-0.4, -0.2) is 61.9 Å². The summed E-state index contributed by atoms with van der Waals surface area (Å²) in [7, 11) is 3.33. The molecule has 5 nitrogen and oxygen atoms in total. The monoisotopic (exact) mass is 249 g/mol. The Kier molecular flexibility index (Phi) is 7.08. The number of nitrogens with zero attached hydrogens (tertiary/aromatic N) is 2. The van der Waals surface area contributed by atoms with E-state index in [0.717, 1.165) is 26.1 Å². The first-order valence-electron chi connectivity index (χ1n) is 5.30. The average molecular weight is 250 g/mol. The summed E-state index contributed by atoms with van der Waals surface area (Å²) >= 11 is 0. The van der Waals surface area contributed by atoms with Crippen LogP contribution in [0.1, 0.15) is 12.8 Å². The van der Waals surface area contributed by atoms with Crippen molar-refractivity contribution in [3.63, 3.8) is 0 Å². The van der Waals surface area contributed by atoms with Crippen LogP contribution in [0.4, 0.5) is 0 Å². The van der Waals surface area contributed by atoms with Gasteiger partial charge in [-0.3, -0.25) is 9.59 Å². The molecule has 1 aliphatic heterocycles. The molecule has 0 aromatic heterocycles. The Bertz CT molecular complexity index is 238. The molecule has 0 radical (unpaired) electrons. The molecule has 0 saturated carbocycles. The van der Waals surface area contributed by atoms with Gasteiger partial charge in [0.05, 0.1) is 0 Å². The number of nitrogens with one attached hydrogen (secondary N) is 1. The Morgan fingerprint density at radius 1 is 1.25 bits per heavy atom. The van der Waals surface area contributed by atoms with Crippen LogP contribution in [-0.2, 0) is 9.59 Å². The lowest BCUT2D eigenvalue weighted by molar-refractivity contribution is -0.139. The molecule has 0 atom stereocenters. The van der Waals surface area contributed by atoms with Gasteiger partial charge in [-0.25, -0.2) is 0 Å². The first kappa shape index (κ1) is 15.2. The third-order valence-electron chi connectivity index (χ3n) is 2.49. The summed E-state index contributed by atoms with van der Waals surface area (Å²) in [6, 6.07) is 0. The number of carbonyl (C=O) groups excluding carboxylic acids is 2. The smallest absolute Gasteiger partial charge is 0.232 e. The van der Waals surface area contributed by atoms with Crippen LogP contribution in [0.3, 0.4) is 0 Å². The molecule has 94 valence electrons. The quantitative estimate of drug-likeness (QED) is 0.685. The van der Waals surface area contributed by atoms with Gasteiger partial charge in [0.2, 0.25) is 11.8 Å². The highest BCUT2D eigenvalue weighted by molar-refractivity contribution is 5.96. The van der Waals surface area contributed by atoms with E-state index in [-0.39, 0.29) is 30.6 Å². The zero-order valence-electron chi connectivity index (χ0n) is 9.86. The van der Waals surface area contributed by atoms with E-state index in [1.807, 2.05) is 0 Å². The van der Waals surface area contributed by atoms with Gasteiger partial charge in [0, 0.05) is 33.7 Å². The van der Waals surface area contributed by atoms with E-state index in [9.17, 15) is 9.59 Å². The number of carbonyl (C=O) groups is 2. The summed E-state index contributed by atoms with van der Waals surface area (Å²) in [6.45, 7) is 3.24. The molecule has 1 rings (SSSR count). The van der Waals surface area contributed by atoms with Crippen LogP contribution in [0.15, 0.2) is 0 Å². The Morgan fingerprint density at radius 2 is 1.94 bits per heavy atom. The van der Waals surface area contributed by atoms with Gasteiger partial charge in [-0.1, -0.05) is 0 Å². The number of halogens is 1. The van der Waals surface area contributed by atoms with E-state index >= 15 is 0 Å². The molecule has 2 amide bonds. The molecule has 0 aliphatic carbocycles. The third-order valence-corrected chi connectivity index (χ3v) is 2.49. The second kappa shape index (κ2) is 7.46. The van der Waals surface area contributed by atoms with Gasteiger partial charge in [-0.05, 0) is 13.0 Å². The molecule has 1 saturated heterocycles. The normalized spacial score (nSPS) is 16.0. The summed E-state index contributed by atoms with van der Waals surface area (Å²) in [5.41, 5.74) is 0. The molecule has 0 bridgehead atoms. The fourth-order valence-corrected chi connectivity index (χ4v) is 1.49. The number of hydrogen-bond donors (Lipinski definition) is 1. The largest absolute Gasteiger partial charge is 0.348 e. The fourth-order valence-electron chi connectivity index (χ4n) is 1.49. The first-order valence-corrected chi connectivity index (χ1v) is 5.30. The summed E-state index contributed by atoms with van der Waals surface area (Å²) in [6.07, 6.45) is 0.953. The number of rotatable bonds is 2. The Balaban J connectivity index is 0.00000225. The molecule has 1 heterocycles. The second-order valence-electron chi connectivity index (χ2n) is 3.95. The minimum Gasteiger partial charge on any atom is -0.348 e. The highest BCUT2D eigenvalue weighted by atomic mass is 35.5. The molecule has 1 fully saturated rings. The maximum Gasteiger partial charge on any atom is 0.232 e. The minimum atomic E-state index is -0.128. The van der Waals surface area contributed by atoms with Crippen LogP contribution in [0.5, 0.6) is 0 Å². The molecule has 0 unspecified atom stereocenters. The average Bonchev–Trinajstić information content (AvgIpc) is 2.45. The molecule has 0 aromatic carbocycles. The second-order valence-corrected chi connectivity index (χ2v) is 3.95. The van der Waals surface area contributed by atoms with Crippen molar-refractivity contribution in [2.75, 3.05) is 40.3 Å². The standard InChI is InChI=1S/C10H19N3O2.ClH/c1-12(2)9(14)8-10(15)13-6-3-4-11-5-7-13;/h11H,3-8H2,1-2H3;1H. The minimum absolute atomic E-state index is 0. The van der Waals surface area contributed by atoms with Gasteiger partial charge in [0.1, 0.15) is 6.42 Å². The van der Waals surface area contributed by atoms with Crippen molar-refractivity contribution in [2.45, 2.75) is 12.8 Å². The van der Waals surface area contributed by atoms with Gasteiger partial charge >= 0.3 is 0 Å². The topological polar surface area (TPSA) is 52.7 Å². The molecule has 0 aromatic rings. The van der Waals surface area contributed by atoms with Crippen LogP contribution in [0.2, 0.25) is 0 Å². The summed E-state index contributed by atoms with van der Waals surface area (Å²) in [4.78, 5) is 26.3. The van der Waals surface area contributed by atoms with E-state index in [0.29, 0.717) is 6.54 Å². The first-order chi connectivity index (χ1) is 7.11. The van der Waals surface area contributed by atoms with Gasteiger partial charge in [-0.15, -0.1) is 12.4 Å². The predicted molar refractivity (Wildman–Crippen MR) is 64.6 cm³/mol. The van der Waals surface area contributed by atoms with Crippen LogP contribution in [0.25, 0.3) is 0 Å². The number of hydrogen-bond acceptors (Lipinski definition) is 3. The van der Waals surface area contributed by atoms with Gasteiger partial charge in [-0.2, -0.15) is 0 Å². The number of amides is 2. The fraction of sp³-hybridized carbons (Fsp3) is 0.800. The van der Waals surface area contributed by atoms with Crippen LogP contribution in [0, 0.1) is 0 Å². The summed E-state index contributed by atoms with van der Waals surface area (Å²) in [5.74, 6) is -0.186. The third kappa shape index (κ3) is 4.81. The molecular formula is C10H20ClN3O2. The van der Waals surface area contributed by atoms with Crippen molar-refractivity contribution in [3.8, 4) is 0 Å². The zero-order valence-corrected chi connectivity index (χ0v) is 10.7. The molecule has 1 aliphatic rings. The molecule has 6 heteroatoms. The lowest BCUT2D eigenvalue weighted by atomic mass is 10.3. The van der Waals surface area contributed by atoms with E-state index in [2.05, 4.69) is 5.32 Å².